The van der Waals surface area contributed by atoms with Gasteiger partial charge in [0, 0.05) is 10.7 Å². The predicted octanol–water partition coefficient (Wildman–Crippen LogP) is 3.51. The Morgan fingerprint density at radius 3 is 2.72 bits per heavy atom. The summed E-state index contributed by atoms with van der Waals surface area (Å²) < 4.78 is 1.59. The van der Waals surface area contributed by atoms with Crippen molar-refractivity contribution in [1.29, 1.82) is 0 Å². The van der Waals surface area contributed by atoms with E-state index in [1.807, 2.05) is 37.3 Å². The van der Waals surface area contributed by atoms with Crippen LogP contribution in [0.25, 0.3) is 5.69 Å². The zero-order valence-electron chi connectivity index (χ0n) is 13.8. The van der Waals surface area contributed by atoms with Gasteiger partial charge in [0.15, 0.2) is 5.82 Å². The van der Waals surface area contributed by atoms with Gasteiger partial charge in [0.25, 0.3) is 0 Å². The Hall–Kier alpha value is -2.93. The summed E-state index contributed by atoms with van der Waals surface area (Å²) in [6, 6.07) is 14.2. The number of hydrogen-bond acceptors (Lipinski definition) is 4. The molecule has 0 aliphatic carbocycles. The van der Waals surface area contributed by atoms with Crippen LogP contribution in [0.3, 0.4) is 0 Å². The summed E-state index contributed by atoms with van der Waals surface area (Å²) in [5, 5.41) is 17.7. The second kappa shape index (κ2) is 7.31. The number of amides is 2. The van der Waals surface area contributed by atoms with E-state index in [-0.39, 0.29) is 12.1 Å². The van der Waals surface area contributed by atoms with Crippen molar-refractivity contribution in [1.82, 2.24) is 25.5 Å². The molecule has 25 heavy (non-hydrogen) atoms. The number of carbonyl (C=O) groups excluding carboxylic acids is 1. The highest BCUT2D eigenvalue weighted by molar-refractivity contribution is 6.30. The molecule has 2 amide bonds. The van der Waals surface area contributed by atoms with Gasteiger partial charge in [0.2, 0.25) is 0 Å². The topological polar surface area (TPSA) is 84.7 Å². The number of aryl methyl sites for hydroxylation is 1. The molecule has 1 heterocycles. The molecule has 0 aliphatic rings. The highest BCUT2D eigenvalue weighted by atomic mass is 35.5. The molecule has 0 aliphatic heterocycles. The molecule has 7 nitrogen and oxygen atoms in total. The number of halogens is 1. The van der Waals surface area contributed by atoms with Crippen LogP contribution in [0.2, 0.25) is 5.02 Å². The van der Waals surface area contributed by atoms with Gasteiger partial charge in [-0.15, -0.1) is 5.10 Å². The Bertz CT molecular complexity index is 894. The van der Waals surface area contributed by atoms with Crippen molar-refractivity contribution in [2.24, 2.45) is 0 Å². The molecule has 8 heteroatoms. The average Bonchev–Trinajstić information content (AvgIpc) is 3.01. The molecule has 0 bridgehead atoms. The number of aromatic nitrogens is 4. The lowest BCUT2D eigenvalue weighted by atomic mass is 10.1. The minimum absolute atomic E-state index is 0.177. The van der Waals surface area contributed by atoms with Crippen molar-refractivity contribution in [3.8, 4) is 5.69 Å². The fourth-order valence-electron chi connectivity index (χ4n) is 2.41. The first-order valence-electron chi connectivity index (χ1n) is 7.71. The molecule has 1 unspecified atom stereocenters. The number of nitrogens with one attached hydrogen (secondary N) is 2. The fraction of sp³-hybridized carbons (Fsp3) is 0.176. The van der Waals surface area contributed by atoms with Gasteiger partial charge in [-0.2, -0.15) is 4.68 Å². The average molecular weight is 357 g/mol. The third-order valence-electron chi connectivity index (χ3n) is 3.67. The number of nitrogens with zero attached hydrogens (tertiary/aromatic N) is 4. The summed E-state index contributed by atoms with van der Waals surface area (Å²) in [6.45, 7) is 3.70. The van der Waals surface area contributed by atoms with Crippen LogP contribution in [0.1, 0.15) is 24.4 Å². The van der Waals surface area contributed by atoms with E-state index in [1.54, 1.807) is 29.8 Å². The SMILES string of the molecule is Cc1nnnn1-c1cccc(NC(=O)NC(C)c2cccc(Cl)c2)c1. The van der Waals surface area contributed by atoms with Crippen molar-refractivity contribution in [3.05, 3.63) is 64.9 Å². The van der Waals surface area contributed by atoms with E-state index >= 15 is 0 Å². The Morgan fingerprint density at radius 1 is 1.20 bits per heavy atom. The van der Waals surface area contributed by atoms with Gasteiger partial charge in [0.1, 0.15) is 0 Å². The van der Waals surface area contributed by atoms with Crippen molar-refractivity contribution in [2.45, 2.75) is 19.9 Å². The number of carbonyl (C=O) groups is 1. The highest BCUT2D eigenvalue weighted by Crippen LogP contribution is 2.18. The van der Waals surface area contributed by atoms with E-state index < -0.39 is 0 Å². The van der Waals surface area contributed by atoms with Crippen molar-refractivity contribution in [3.63, 3.8) is 0 Å². The first kappa shape index (κ1) is 16.9. The number of tetrazole rings is 1. The van der Waals surface area contributed by atoms with Gasteiger partial charge in [-0.05, 0) is 60.2 Å². The first-order chi connectivity index (χ1) is 12.0. The maximum absolute atomic E-state index is 12.2. The molecular formula is C17H17ClN6O. The Kier molecular flexibility index (Phi) is 4.95. The monoisotopic (exact) mass is 356 g/mol. The predicted molar refractivity (Wildman–Crippen MR) is 95.9 cm³/mol. The maximum Gasteiger partial charge on any atom is 0.319 e. The van der Waals surface area contributed by atoms with Crippen LogP contribution < -0.4 is 10.6 Å². The summed E-state index contributed by atoms with van der Waals surface area (Å²) in [5.74, 6) is 0.663. The number of urea groups is 1. The molecule has 2 aromatic carbocycles. The van der Waals surface area contributed by atoms with Crippen LogP contribution in [0.4, 0.5) is 10.5 Å². The lowest BCUT2D eigenvalue weighted by Gasteiger charge is -2.15. The highest BCUT2D eigenvalue weighted by Gasteiger charge is 2.11. The minimum atomic E-state index is -0.307. The quantitative estimate of drug-likeness (QED) is 0.749. The van der Waals surface area contributed by atoms with Crippen LogP contribution >= 0.6 is 11.6 Å². The third kappa shape index (κ3) is 4.13. The Balaban J connectivity index is 1.68. The van der Waals surface area contributed by atoms with E-state index in [4.69, 9.17) is 11.6 Å². The molecule has 2 N–H and O–H groups in total. The smallest absolute Gasteiger partial charge is 0.319 e. The minimum Gasteiger partial charge on any atom is -0.331 e. The standard InChI is InChI=1S/C17H17ClN6O/c1-11(13-5-3-6-14(18)9-13)19-17(25)20-15-7-4-8-16(10-15)24-12(2)21-22-23-24/h3-11H,1-2H3,(H2,19,20,25). The van der Waals surface area contributed by atoms with Crippen LogP contribution in [0.15, 0.2) is 48.5 Å². The largest absolute Gasteiger partial charge is 0.331 e. The van der Waals surface area contributed by atoms with E-state index in [2.05, 4.69) is 26.2 Å². The summed E-state index contributed by atoms with van der Waals surface area (Å²) in [5.41, 5.74) is 2.34. The zero-order chi connectivity index (χ0) is 17.8. The van der Waals surface area contributed by atoms with Gasteiger partial charge < -0.3 is 10.6 Å². The number of hydrogen-bond donors (Lipinski definition) is 2. The van der Waals surface area contributed by atoms with E-state index in [0.717, 1.165) is 11.3 Å². The van der Waals surface area contributed by atoms with Crippen LogP contribution in [0.5, 0.6) is 0 Å². The Labute approximate surface area is 150 Å². The molecule has 1 aromatic heterocycles. The van der Waals surface area contributed by atoms with E-state index in [9.17, 15) is 4.79 Å². The van der Waals surface area contributed by atoms with Gasteiger partial charge in [-0.25, -0.2) is 4.79 Å². The first-order valence-corrected chi connectivity index (χ1v) is 8.09. The summed E-state index contributed by atoms with van der Waals surface area (Å²) in [7, 11) is 0. The van der Waals surface area contributed by atoms with E-state index in [0.29, 0.717) is 16.5 Å². The van der Waals surface area contributed by atoms with E-state index in [1.165, 1.54) is 0 Å². The van der Waals surface area contributed by atoms with Gasteiger partial charge >= 0.3 is 6.03 Å². The summed E-state index contributed by atoms with van der Waals surface area (Å²) in [4.78, 5) is 12.2. The summed E-state index contributed by atoms with van der Waals surface area (Å²) >= 11 is 5.99. The zero-order valence-corrected chi connectivity index (χ0v) is 14.5. The second-order valence-corrected chi connectivity index (χ2v) is 6.00. The van der Waals surface area contributed by atoms with Crippen molar-refractivity contribution < 1.29 is 4.79 Å². The van der Waals surface area contributed by atoms with Crippen molar-refractivity contribution >= 4 is 23.3 Å². The molecule has 1 atom stereocenters. The second-order valence-electron chi connectivity index (χ2n) is 5.56. The molecule has 0 fully saturated rings. The Morgan fingerprint density at radius 2 is 2.00 bits per heavy atom. The lowest BCUT2D eigenvalue weighted by molar-refractivity contribution is 0.249. The lowest BCUT2D eigenvalue weighted by Crippen LogP contribution is -2.31. The van der Waals surface area contributed by atoms with Crippen LogP contribution in [0, 0.1) is 6.92 Å². The molecule has 0 saturated carbocycles. The fourth-order valence-corrected chi connectivity index (χ4v) is 2.61. The molecule has 0 radical (unpaired) electrons. The van der Waals surface area contributed by atoms with Gasteiger partial charge in [0.05, 0.1) is 11.7 Å². The molecular weight excluding hydrogens is 340 g/mol. The number of anilines is 1. The maximum atomic E-state index is 12.2. The number of benzene rings is 2. The third-order valence-corrected chi connectivity index (χ3v) is 3.91. The molecule has 0 saturated heterocycles. The van der Waals surface area contributed by atoms with Crippen molar-refractivity contribution in [2.75, 3.05) is 5.32 Å². The normalized spacial score (nSPS) is 11.8. The van der Waals surface area contributed by atoms with Crippen LogP contribution in [-0.2, 0) is 0 Å². The number of rotatable bonds is 4. The summed E-state index contributed by atoms with van der Waals surface area (Å²) in [6.07, 6.45) is 0. The molecule has 0 spiro atoms. The molecule has 3 rings (SSSR count). The molecule has 3 aromatic rings. The van der Waals surface area contributed by atoms with Crippen LogP contribution in [-0.4, -0.2) is 26.2 Å². The molecule has 128 valence electrons. The van der Waals surface area contributed by atoms with Gasteiger partial charge in [-0.1, -0.05) is 29.8 Å². The van der Waals surface area contributed by atoms with Gasteiger partial charge in [-0.3, -0.25) is 0 Å².